The maximum absolute atomic E-state index is 6.88. The number of halogens is 5. The second kappa shape index (κ2) is 11.1. The Labute approximate surface area is 226 Å². The molecule has 0 unspecified atom stereocenters. The molecule has 0 saturated carbocycles. The molecule has 0 atom stereocenters. The van der Waals surface area contributed by atoms with Gasteiger partial charge in [0, 0.05) is 0 Å². The van der Waals surface area contributed by atoms with Gasteiger partial charge in [-0.1, -0.05) is 0 Å². The number of benzene rings is 4. The number of hydrogen-bond acceptors (Lipinski definition) is 2. The van der Waals surface area contributed by atoms with Crippen molar-refractivity contribution in [1.29, 1.82) is 0 Å². The predicted octanol–water partition coefficient (Wildman–Crippen LogP) is 6.93. The molecular weight excluding hydrogens is 591 g/mol. The van der Waals surface area contributed by atoms with Gasteiger partial charge < -0.3 is 0 Å². The van der Waals surface area contributed by atoms with Gasteiger partial charge in [0.1, 0.15) is 0 Å². The van der Waals surface area contributed by atoms with Crippen molar-refractivity contribution in [2.75, 3.05) is 0 Å². The summed E-state index contributed by atoms with van der Waals surface area (Å²) in [6, 6.07) is 30.7. The van der Waals surface area contributed by atoms with E-state index in [1.807, 2.05) is 54.6 Å². The van der Waals surface area contributed by atoms with E-state index in [0.717, 1.165) is 15.6 Å². The van der Waals surface area contributed by atoms with Crippen molar-refractivity contribution < 1.29 is 24.7 Å². The molecule has 0 fully saturated rings. The van der Waals surface area contributed by atoms with Crippen LogP contribution in [0.5, 0.6) is 5.75 Å². The van der Waals surface area contributed by atoms with Crippen LogP contribution in [-0.4, -0.2) is 8.32 Å². The van der Waals surface area contributed by atoms with Gasteiger partial charge in [0.25, 0.3) is 0 Å². The van der Waals surface area contributed by atoms with Crippen LogP contribution in [0.2, 0.25) is 25.1 Å². The second-order valence-corrected chi connectivity index (χ2v) is 15.3. The quantitative estimate of drug-likeness (QED) is 0.0985. The minimum absolute atomic E-state index is 0.0932. The predicted molar refractivity (Wildman–Crippen MR) is 137 cm³/mol. The first-order valence-corrected chi connectivity index (χ1v) is 16.1. The summed E-state index contributed by atoms with van der Waals surface area (Å²) in [6.45, 7) is 0. The van der Waals surface area contributed by atoms with Crippen molar-refractivity contribution in [3.05, 3.63) is 116 Å². The third kappa shape index (κ3) is 5.00. The van der Waals surface area contributed by atoms with Crippen molar-refractivity contribution >= 4 is 81.9 Å². The van der Waals surface area contributed by atoms with Crippen LogP contribution in [0.4, 0.5) is 0 Å². The Bertz CT molecular complexity index is 1120. The Hall–Kier alpha value is -1.07. The van der Waals surface area contributed by atoms with Gasteiger partial charge in [-0.25, -0.2) is 0 Å². The van der Waals surface area contributed by atoms with Crippen LogP contribution in [0, 0.1) is 0 Å². The summed E-state index contributed by atoms with van der Waals surface area (Å²) in [5.41, 5.74) is 0. The molecule has 0 amide bonds. The van der Waals surface area contributed by atoms with Crippen LogP contribution >= 0.6 is 58.0 Å². The van der Waals surface area contributed by atoms with Crippen LogP contribution in [-0.2, 0) is 21.1 Å². The van der Waals surface area contributed by atoms with E-state index < -0.39 is 26.2 Å². The van der Waals surface area contributed by atoms with Gasteiger partial charge in [0.15, 0.2) is 0 Å². The molecule has 0 aliphatic rings. The topological polar surface area (TPSA) is 18.5 Å². The van der Waals surface area contributed by atoms with E-state index in [9.17, 15) is 0 Å². The van der Waals surface area contributed by atoms with Crippen molar-refractivity contribution in [2.45, 2.75) is 0 Å². The van der Waals surface area contributed by atoms with Crippen molar-refractivity contribution in [1.82, 2.24) is 0 Å². The Balaban J connectivity index is 1.79. The molecule has 4 rings (SSSR count). The molecule has 0 spiro atoms. The molecule has 4 aromatic rings. The average Bonchev–Trinajstić information content (AvgIpc) is 2.88. The molecule has 2 nitrogen and oxygen atoms in total. The molecule has 0 radical (unpaired) electrons. The van der Waals surface area contributed by atoms with Gasteiger partial charge in [-0.05, 0) is 0 Å². The Morgan fingerprint density at radius 1 is 0.485 bits per heavy atom. The number of hydrogen-bond donors (Lipinski definition) is 0. The van der Waals surface area contributed by atoms with Gasteiger partial charge in [-0.15, -0.1) is 0 Å². The van der Waals surface area contributed by atoms with E-state index in [1.165, 1.54) is 0 Å². The average molecular weight is 606 g/mol. The molecule has 0 bridgehead atoms. The third-order valence-electron chi connectivity index (χ3n) is 5.19. The molecule has 4 aromatic carbocycles. The first-order chi connectivity index (χ1) is 16.0. The first kappa shape index (κ1) is 25.0. The molecule has 0 aliphatic carbocycles. The minimum atomic E-state index is -2.87. The Kier molecular flexibility index (Phi) is 8.43. The van der Waals surface area contributed by atoms with Crippen LogP contribution in [0.1, 0.15) is 0 Å². The molecular formula is C24H15Cl5O2SiZn. The van der Waals surface area contributed by atoms with Gasteiger partial charge >= 0.3 is 228 Å². The molecule has 0 aliphatic heterocycles. The first-order valence-electron chi connectivity index (χ1n) is 9.91. The zero-order chi connectivity index (χ0) is 23.4. The van der Waals surface area contributed by atoms with Crippen molar-refractivity contribution in [2.24, 2.45) is 0 Å². The van der Waals surface area contributed by atoms with E-state index >= 15 is 0 Å². The molecule has 0 heterocycles. The zero-order valence-corrected chi connectivity index (χ0v) is 24.8. The Morgan fingerprint density at radius 2 is 0.818 bits per heavy atom. The van der Waals surface area contributed by atoms with E-state index in [1.54, 1.807) is 0 Å². The SMILES string of the molecule is Clc1c(Cl)c(Cl)c([O][Zn][O][Si](c2ccccc2)(c2ccccc2)c2ccccc2)c(Cl)c1Cl. The standard InChI is InChI=1S/C18H15OSi.C6HCl5O.Zn/c19-20(16-10-4-1-5-11-16,17-12-6-2-7-13-17)18-14-8-3-9-15-18;7-1-2(8)4(10)6(12)5(11)3(1)9;/h1-15H;12H;/q-1;;+2/p-1. The van der Waals surface area contributed by atoms with E-state index in [4.69, 9.17) is 64.8 Å². The fourth-order valence-electron chi connectivity index (χ4n) is 3.66. The summed E-state index contributed by atoms with van der Waals surface area (Å²) in [6.07, 6.45) is 0. The summed E-state index contributed by atoms with van der Waals surface area (Å²) in [4.78, 5) is 0. The van der Waals surface area contributed by atoms with Crippen LogP contribution in [0.25, 0.3) is 0 Å². The van der Waals surface area contributed by atoms with Crippen molar-refractivity contribution in [3.63, 3.8) is 0 Å². The molecule has 0 N–H and O–H groups in total. The fourth-order valence-corrected chi connectivity index (χ4v) is 14.5. The van der Waals surface area contributed by atoms with Crippen LogP contribution in [0.3, 0.4) is 0 Å². The van der Waals surface area contributed by atoms with E-state index in [2.05, 4.69) is 36.4 Å². The molecule has 33 heavy (non-hydrogen) atoms. The van der Waals surface area contributed by atoms with Crippen molar-refractivity contribution in [3.8, 4) is 5.75 Å². The van der Waals surface area contributed by atoms with E-state index in [0.29, 0.717) is 0 Å². The van der Waals surface area contributed by atoms with Gasteiger partial charge in [0.2, 0.25) is 0 Å². The summed E-state index contributed by atoms with van der Waals surface area (Å²) >= 11 is 29.1. The van der Waals surface area contributed by atoms with Gasteiger partial charge in [0.05, 0.1) is 0 Å². The third-order valence-corrected chi connectivity index (χ3v) is 15.7. The zero-order valence-electron chi connectivity index (χ0n) is 17.1. The van der Waals surface area contributed by atoms with Crippen LogP contribution < -0.4 is 19.1 Å². The normalized spacial score (nSPS) is 11.2. The number of rotatable bonds is 7. The molecule has 0 aromatic heterocycles. The monoisotopic (exact) mass is 602 g/mol. The summed E-state index contributed by atoms with van der Waals surface area (Å²) < 4.78 is 13.0. The van der Waals surface area contributed by atoms with Crippen LogP contribution in [0.15, 0.2) is 91.0 Å². The van der Waals surface area contributed by atoms with Gasteiger partial charge in [-0.2, -0.15) is 0 Å². The Morgan fingerprint density at radius 3 is 1.18 bits per heavy atom. The molecule has 0 saturated heterocycles. The molecule has 164 valence electrons. The summed E-state index contributed by atoms with van der Waals surface area (Å²) in [5.74, 6) is 0.204. The summed E-state index contributed by atoms with van der Waals surface area (Å²) in [7, 11) is -2.87. The molecule has 9 heteroatoms. The maximum atomic E-state index is 6.88. The second-order valence-electron chi connectivity index (χ2n) is 7.08. The summed E-state index contributed by atoms with van der Waals surface area (Å²) in [5, 5.41) is 3.87. The van der Waals surface area contributed by atoms with E-state index in [-0.39, 0.29) is 30.9 Å². The fraction of sp³-hybridized carbons (Fsp3) is 0. The van der Waals surface area contributed by atoms with Gasteiger partial charge in [-0.3, -0.25) is 0 Å².